The molecule has 0 unspecified atom stereocenters. The molecule has 0 aromatic heterocycles. The number of methoxy groups -OCH3 is 1. The van der Waals surface area contributed by atoms with Crippen LogP contribution >= 0.6 is 11.8 Å². The monoisotopic (exact) mass is 583 g/mol. The molecule has 0 radical (unpaired) electrons. The van der Waals surface area contributed by atoms with Gasteiger partial charge in [-0.1, -0.05) is 72.8 Å². The molecular formula is C32H33N5O4S. The van der Waals surface area contributed by atoms with Crippen molar-refractivity contribution in [2.75, 3.05) is 7.11 Å². The number of para-hydroxylation sites is 1. The Hall–Kier alpha value is -4.44. The Morgan fingerprint density at radius 3 is 2.33 bits per heavy atom. The van der Waals surface area contributed by atoms with Crippen molar-refractivity contribution in [2.24, 2.45) is 9.98 Å². The lowest BCUT2D eigenvalue weighted by molar-refractivity contribution is -0.128. The van der Waals surface area contributed by atoms with Crippen molar-refractivity contribution in [3.05, 3.63) is 95.1 Å². The lowest BCUT2D eigenvalue weighted by Gasteiger charge is -2.27. The van der Waals surface area contributed by atoms with Gasteiger partial charge in [0.05, 0.1) is 24.5 Å². The van der Waals surface area contributed by atoms with Crippen LogP contribution in [0.5, 0.6) is 5.75 Å². The highest BCUT2D eigenvalue weighted by Gasteiger charge is 2.43. The summed E-state index contributed by atoms with van der Waals surface area (Å²) in [5.74, 6) is 0.439. The lowest BCUT2D eigenvalue weighted by atomic mass is 10.1. The quantitative estimate of drug-likeness (QED) is 0.365. The first-order chi connectivity index (χ1) is 20.4. The van der Waals surface area contributed by atoms with Crippen molar-refractivity contribution in [1.82, 2.24) is 15.5 Å². The van der Waals surface area contributed by atoms with E-state index in [1.165, 1.54) is 16.7 Å². The summed E-state index contributed by atoms with van der Waals surface area (Å²) in [5.41, 5.74) is 4.46. The van der Waals surface area contributed by atoms with E-state index >= 15 is 0 Å². The van der Waals surface area contributed by atoms with Crippen LogP contribution in [0.1, 0.15) is 42.0 Å². The number of carbonyl (C=O) groups excluding carboxylic acids is 3. The van der Waals surface area contributed by atoms with Crippen molar-refractivity contribution < 1.29 is 19.1 Å². The minimum atomic E-state index is -0.886. The van der Waals surface area contributed by atoms with Crippen molar-refractivity contribution >= 4 is 46.2 Å². The maximum atomic E-state index is 13.6. The number of aryl methyl sites for hydroxylation is 1. The molecule has 9 nitrogen and oxygen atoms in total. The molecule has 2 aliphatic heterocycles. The Labute approximate surface area is 249 Å². The molecule has 0 saturated carbocycles. The highest BCUT2D eigenvalue weighted by molar-refractivity contribution is 8.15. The first-order valence-corrected chi connectivity index (χ1v) is 14.7. The van der Waals surface area contributed by atoms with Gasteiger partial charge < -0.3 is 15.4 Å². The Kier molecular flexibility index (Phi) is 9.02. The van der Waals surface area contributed by atoms with Gasteiger partial charge in [-0.2, -0.15) is 0 Å². The van der Waals surface area contributed by atoms with Crippen LogP contribution < -0.4 is 15.4 Å². The third-order valence-corrected chi connectivity index (χ3v) is 8.39. The fraction of sp³-hybridized carbons (Fsp3) is 0.281. The smallest absolute Gasteiger partial charge is 0.259 e. The topological polar surface area (TPSA) is 112 Å². The molecule has 3 aromatic rings. The average molecular weight is 584 g/mol. The molecule has 2 aliphatic rings. The van der Waals surface area contributed by atoms with Gasteiger partial charge in [-0.15, -0.1) is 0 Å². The minimum absolute atomic E-state index is 0.0939. The summed E-state index contributed by atoms with van der Waals surface area (Å²) in [7, 11) is 1.60. The van der Waals surface area contributed by atoms with Crippen molar-refractivity contribution in [1.29, 1.82) is 0 Å². The highest BCUT2D eigenvalue weighted by Crippen LogP contribution is 2.35. The molecule has 2 atom stereocenters. The lowest BCUT2D eigenvalue weighted by Crippen LogP contribution is -2.43. The summed E-state index contributed by atoms with van der Waals surface area (Å²) in [6, 6.07) is 22.0. The Balaban J connectivity index is 1.28. The maximum Gasteiger partial charge on any atom is 0.259 e. The Morgan fingerprint density at radius 2 is 1.64 bits per heavy atom. The highest BCUT2D eigenvalue weighted by atomic mass is 32.2. The number of benzene rings is 3. The number of amides is 3. The van der Waals surface area contributed by atoms with E-state index in [2.05, 4.69) is 15.6 Å². The normalized spacial score (nSPS) is 16.1. The zero-order valence-electron chi connectivity index (χ0n) is 23.8. The van der Waals surface area contributed by atoms with E-state index in [9.17, 15) is 14.4 Å². The van der Waals surface area contributed by atoms with Crippen LogP contribution in [-0.4, -0.2) is 52.0 Å². The van der Waals surface area contributed by atoms with Gasteiger partial charge in [-0.05, 0) is 48.7 Å². The molecule has 0 fully saturated rings. The second-order valence-corrected chi connectivity index (χ2v) is 11.3. The number of aliphatic imine (C=N–C) groups is 2. The zero-order valence-corrected chi connectivity index (χ0v) is 24.6. The van der Waals surface area contributed by atoms with Gasteiger partial charge >= 0.3 is 0 Å². The molecule has 3 amide bonds. The largest absolute Gasteiger partial charge is 0.497 e. The summed E-state index contributed by atoms with van der Waals surface area (Å²) < 4.78 is 5.18. The molecule has 5 rings (SSSR count). The van der Waals surface area contributed by atoms with Crippen LogP contribution in [-0.2, 0) is 27.5 Å². The van der Waals surface area contributed by atoms with E-state index in [1.54, 1.807) is 7.11 Å². The van der Waals surface area contributed by atoms with Crippen LogP contribution in [0.4, 0.5) is 5.69 Å². The zero-order chi connectivity index (χ0) is 29.6. The van der Waals surface area contributed by atoms with Crippen LogP contribution in [0.25, 0.3) is 0 Å². The van der Waals surface area contributed by atoms with Gasteiger partial charge in [0.1, 0.15) is 17.6 Å². The number of ether oxygens (including phenoxy) is 1. The molecule has 2 N–H and O–H groups in total. The molecule has 42 heavy (non-hydrogen) atoms. The van der Waals surface area contributed by atoms with Gasteiger partial charge in [0.15, 0.2) is 5.17 Å². The molecule has 3 aromatic carbocycles. The number of amidine groups is 2. The molecular weight excluding hydrogens is 550 g/mol. The van der Waals surface area contributed by atoms with E-state index in [-0.39, 0.29) is 24.1 Å². The average Bonchev–Trinajstić information content (AvgIpc) is 3.34. The maximum absolute atomic E-state index is 13.6. The molecule has 0 spiro atoms. The third-order valence-electron chi connectivity index (χ3n) is 7.07. The second kappa shape index (κ2) is 13.0. The third kappa shape index (κ3) is 6.54. The molecule has 0 bridgehead atoms. The number of carbonyl (C=O) groups is 3. The molecule has 0 aliphatic carbocycles. The molecule has 216 valence electrons. The first-order valence-electron chi connectivity index (χ1n) is 13.9. The van der Waals surface area contributed by atoms with Gasteiger partial charge in [-0.25, -0.2) is 9.89 Å². The van der Waals surface area contributed by atoms with Crippen molar-refractivity contribution in [3.63, 3.8) is 0 Å². The van der Waals surface area contributed by atoms with Crippen LogP contribution in [0, 0.1) is 6.92 Å². The van der Waals surface area contributed by atoms with Crippen molar-refractivity contribution in [2.45, 2.75) is 51.1 Å². The first kappa shape index (κ1) is 29.1. The summed E-state index contributed by atoms with van der Waals surface area (Å²) in [6.07, 6.45) is 0.445. The Bertz CT molecular complexity index is 1540. The summed E-state index contributed by atoms with van der Waals surface area (Å²) in [4.78, 5) is 50.5. The van der Waals surface area contributed by atoms with Gasteiger partial charge in [0.2, 0.25) is 11.8 Å². The second-order valence-electron chi connectivity index (χ2n) is 10.1. The molecule has 2 heterocycles. The standard InChI is InChI=1S/C32H33N5O4S/c1-4-27(30(39)34-19-21-11-9-20(2)10-12-21)42-32-36-25-8-6-5-7-24(25)29-35-26(31(40)37(29)32)17-28(38)33-18-22-13-15-23(41-3)16-14-22/h5-16,26-27H,4,17-19H2,1-3H3,(H,33,38)(H,34,39)/t26-,27-/m0/s1. The number of fused-ring (bicyclic) bond motifs is 3. The Morgan fingerprint density at radius 1 is 0.976 bits per heavy atom. The molecule has 0 saturated heterocycles. The van der Waals surface area contributed by atoms with E-state index in [4.69, 9.17) is 9.73 Å². The SMILES string of the molecule is CC[C@H](SC1=Nc2ccccc2C2=N[C@@H](CC(=O)NCc3ccc(OC)cc3)C(=O)N12)C(=O)NCc1ccc(C)cc1. The number of hydrogen-bond donors (Lipinski definition) is 2. The number of hydrogen-bond acceptors (Lipinski definition) is 7. The van der Waals surface area contributed by atoms with Crippen LogP contribution in [0.3, 0.4) is 0 Å². The predicted molar refractivity (Wildman–Crippen MR) is 165 cm³/mol. The van der Waals surface area contributed by atoms with E-state index < -0.39 is 11.3 Å². The number of thioether (sulfide) groups is 1. The predicted octanol–water partition coefficient (Wildman–Crippen LogP) is 4.50. The van der Waals surface area contributed by atoms with Gasteiger partial charge in [-0.3, -0.25) is 19.4 Å². The number of rotatable bonds is 10. The van der Waals surface area contributed by atoms with Crippen LogP contribution in [0.2, 0.25) is 0 Å². The van der Waals surface area contributed by atoms with Gasteiger partial charge in [0.25, 0.3) is 5.91 Å². The van der Waals surface area contributed by atoms with E-state index in [0.29, 0.717) is 41.8 Å². The van der Waals surface area contributed by atoms with E-state index in [0.717, 1.165) is 22.4 Å². The summed E-state index contributed by atoms with van der Waals surface area (Å²) in [5, 5.41) is 5.80. The van der Waals surface area contributed by atoms with E-state index in [1.807, 2.05) is 86.6 Å². The van der Waals surface area contributed by atoms with Gasteiger partial charge in [0, 0.05) is 18.7 Å². The van der Waals surface area contributed by atoms with Crippen LogP contribution in [0.15, 0.2) is 82.8 Å². The fourth-order valence-electron chi connectivity index (χ4n) is 4.66. The summed E-state index contributed by atoms with van der Waals surface area (Å²) in [6.45, 7) is 4.68. The minimum Gasteiger partial charge on any atom is -0.497 e. The summed E-state index contributed by atoms with van der Waals surface area (Å²) >= 11 is 1.24. The van der Waals surface area contributed by atoms with Crippen molar-refractivity contribution in [3.8, 4) is 5.75 Å². The fourth-order valence-corrected chi connectivity index (χ4v) is 5.71. The number of nitrogens with zero attached hydrogens (tertiary/aromatic N) is 3. The number of nitrogens with one attached hydrogen (secondary N) is 2. The molecule has 10 heteroatoms.